The highest BCUT2D eigenvalue weighted by molar-refractivity contribution is 7.00. The smallest absolute Gasteiger partial charge is 0.251 e. The van der Waals surface area contributed by atoms with Crippen LogP contribution in [0.2, 0.25) is 0 Å². The second-order valence-electron chi connectivity index (χ2n) is 4.92. The minimum atomic E-state index is -0.273. The van der Waals surface area contributed by atoms with E-state index >= 15 is 0 Å². The van der Waals surface area contributed by atoms with Gasteiger partial charge in [0.1, 0.15) is 11.0 Å². The first-order valence-electron chi connectivity index (χ1n) is 6.42. The predicted octanol–water partition coefficient (Wildman–Crippen LogP) is 1.58. The summed E-state index contributed by atoms with van der Waals surface area (Å²) in [4.78, 5) is 11.9. The van der Waals surface area contributed by atoms with E-state index in [2.05, 4.69) is 14.1 Å². The molecule has 0 radical (unpaired) electrons. The molecule has 5 nitrogen and oxygen atoms in total. The second-order valence-corrected chi connectivity index (χ2v) is 5.45. The Labute approximate surface area is 115 Å². The van der Waals surface area contributed by atoms with Crippen LogP contribution in [0.4, 0.5) is 0 Å². The molecule has 6 heteroatoms. The highest BCUT2D eigenvalue weighted by Gasteiger charge is 2.29. The van der Waals surface area contributed by atoms with Crippen LogP contribution in [0.25, 0.3) is 11.0 Å². The number of carbonyl (C=O) groups is 1. The maximum atomic E-state index is 11.9. The van der Waals surface area contributed by atoms with Gasteiger partial charge in [0.15, 0.2) is 0 Å². The molecule has 2 N–H and O–H groups in total. The Morgan fingerprint density at radius 1 is 1.42 bits per heavy atom. The Hall–Kier alpha value is -1.53. The van der Waals surface area contributed by atoms with Crippen molar-refractivity contribution in [3.63, 3.8) is 0 Å². The van der Waals surface area contributed by atoms with Gasteiger partial charge in [0.05, 0.1) is 17.8 Å². The third kappa shape index (κ3) is 2.90. The van der Waals surface area contributed by atoms with E-state index in [1.54, 1.807) is 18.2 Å². The van der Waals surface area contributed by atoms with E-state index in [4.69, 9.17) is 0 Å². The fraction of sp³-hybridized carbons (Fsp3) is 0.462. The molecule has 1 aromatic carbocycles. The van der Waals surface area contributed by atoms with Crippen LogP contribution in [-0.2, 0) is 0 Å². The number of aromatic nitrogens is 2. The van der Waals surface area contributed by atoms with E-state index in [9.17, 15) is 9.90 Å². The average Bonchev–Trinajstić information content (AvgIpc) is 3.16. The summed E-state index contributed by atoms with van der Waals surface area (Å²) in [6, 6.07) is 5.29. The normalized spacial score (nSPS) is 16.5. The minimum Gasteiger partial charge on any atom is -0.393 e. The molecule has 19 heavy (non-hydrogen) atoms. The third-order valence-corrected chi connectivity index (χ3v) is 3.96. The van der Waals surface area contributed by atoms with Crippen LogP contribution in [0.5, 0.6) is 0 Å². The lowest BCUT2D eigenvalue weighted by Crippen LogP contribution is -2.27. The molecule has 100 valence electrons. The zero-order chi connectivity index (χ0) is 13.2. The number of hydrogen-bond acceptors (Lipinski definition) is 5. The monoisotopic (exact) mass is 277 g/mol. The molecule has 1 aliphatic carbocycles. The van der Waals surface area contributed by atoms with Crippen molar-refractivity contribution in [3.05, 3.63) is 23.8 Å². The van der Waals surface area contributed by atoms with Crippen molar-refractivity contribution in [1.29, 1.82) is 0 Å². The van der Waals surface area contributed by atoms with Crippen molar-refractivity contribution in [2.45, 2.75) is 25.4 Å². The van der Waals surface area contributed by atoms with E-state index in [1.165, 1.54) is 0 Å². The standard InChI is InChI=1S/C13H15N3O2S/c17-12(8-1-2-8)5-6-14-13(18)9-3-4-10-11(7-9)16-19-15-10/h3-4,7-8,12,17H,1-2,5-6H2,(H,14,18)/t12-/m0/s1. The van der Waals surface area contributed by atoms with Crippen molar-refractivity contribution in [3.8, 4) is 0 Å². The number of fused-ring (bicyclic) bond motifs is 1. The highest BCUT2D eigenvalue weighted by atomic mass is 32.1. The topological polar surface area (TPSA) is 75.1 Å². The fourth-order valence-electron chi connectivity index (χ4n) is 2.08. The van der Waals surface area contributed by atoms with Crippen LogP contribution < -0.4 is 5.32 Å². The molecule has 0 saturated heterocycles. The lowest BCUT2D eigenvalue weighted by atomic mass is 10.1. The number of aliphatic hydroxyl groups is 1. The van der Waals surface area contributed by atoms with Crippen LogP contribution in [0, 0.1) is 5.92 Å². The molecule has 1 aliphatic rings. The number of amides is 1. The van der Waals surface area contributed by atoms with Crippen molar-refractivity contribution in [2.24, 2.45) is 5.92 Å². The summed E-state index contributed by atoms with van der Waals surface area (Å²) < 4.78 is 8.21. The molecular weight excluding hydrogens is 262 g/mol. The number of nitrogens with one attached hydrogen (secondary N) is 1. The van der Waals surface area contributed by atoms with Gasteiger partial charge in [-0.1, -0.05) is 0 Å². The van der Waals surface area contributed by atoms with Crippen molar-refractivity contribution < 1.29 is 9.90 Å². The summed E-state index contributed by atoms with van der Waals surface area (Å²) >= 11 is 1.14. The predicted molar refractivity (Wildman–Crippen MR) is 73.1 cm³/mol. The van der Waals surface area contributed by atoms with Gasteiger partial charge in [0, 0.05) is 12.1 Å². The van der Waals surface area contributed by atoms with Gasteiger partial charge >= 0.3 is 0 Å². The molecule has 0 unspecified atom stereocenters. The molecule has 1 aromatic heterocycles. The number of aliphatic hydroxyl groups excluding tert-OH is 1. The van der Waals surface area contributed by atoms with Gasteiger partial charge in [0.2, 0.25) is 0 Å². The molecule has 3 rings (SSSR count). The zero-order valence-electron chi connectivity index (χ0n) is 10.4. The number of rotatable bonds is 5. The minimum absolute atomic E-state index is 0.127. The summed E-state index contributed by atoms with van der Waals surface area (Å²) in [6.45, 7) is 0.504. The van der Waals surface area contributed by atoms with Crippen LogP contribution >= 0.6 is 11.7 Å². The molecule has 1 heterocycles. The Bertz CT molecular complexity index is 594. The summed E-state index contributed by atoms with van der Waals surface area (Å²) in [5.74, 6) is 0.326. The summed E-state index contributed by atoms with van der Waals surface area (Å²) in [5, 5.41) is 12.5. The number of benzene rings is 1. The van der Waals surface area contributed by atoms with Crippen LogP contribution in [0.1, 0.15) is 29.6 Å². The molecule has 0 bridgehead atoms. The number of nitrogens with zero attached hydrogens (tertiary/aromatic N) is 2. The largest absolute Gasteiger partial charge is 0.393 e. The van der Waals surface area contributed by atoms with Gasteiger partial charge in [-0.25, -0.2) is 0 Å². The van der Waals surface area contributed by atoms with Gasteiger partial charge in [-0.05, 0) is 43.4 Å². The van der Waals surface area contributed by atoms with Gasteiger partial charge in [-0.15, -0.1) is 0 Å². The molecule has 1 amide bonds. The molecule has 0 aliphatic heterocycles. The Kier molecular flexibility index (Phi) is 3.44. The van der Waals surface area contributed by atoms with Crippen LogP contribution in [-0.4, -0.2) is 32.4 Å². The van der Waals surface area contributed by atoms with Crippen LogP contribution in [0.15, 0.2) is 18.2 Å². The van der Waals surface area contributed by atoms with E-state index in [0.29, 0.717) is 24.4 Å². The van der Waals surface area contributed by atoms with Gasteiger partial charge in [-0.3, -0.25) is 4.79 Å². The van der Waals surface area contributed by atoms with E-state index in [0.717, 1.165) is 35.6 Å². The summed E-state index contributed by atoms with van der Waals surface area (Å²) in [7, 11) is 0. The molecule has 0 spiro atoms. The molecule has 2 aromatic rings. The fourth-order valence-corrected chi connectivity index (χ4v) is 2.59. The van der Waals surface area contributed by atoms with Crippen molar-refractivity contribution >= 4 is 28.7 Å². The number of carbonyl (C=O) groups excluding carboxylic acids is 1. The third-order valence-electron chi connectivity index (χ3n) is 3.41. The molecule has 1 fully saturated rings. The Morgan fingerprint density at radius 3 is 3.00 bits per heavy atom. The van der Waals surface area contributed by atoms with Crippen molar-refractivity contribution in [2.75, 3.05) is 6.54 Å². The second kappa shape index (κ2) is 5.22. The van der Waals surface area contributed by atoms with E-state index < -0.39 is 0 Å². The van der Waals surface area contributed by atoms with E-state index in [-0.39, 0.29) is 12.0 Å². The molecule has 1 atom stereocenters. The summed E-state index contributed by atoms with van der Waals surface area (Å²) in [5.41, 5.74) is 2.14. The first-order chi connectivity index (χ1) is 9.24. The van der Waals surface area contributed by atoms with Gasteiger partial charge < -0.3 is 10.4 Å². The highest BCUT2D eigenvalue weighted by Crippen LogP contribution is 2.33. The first-order valence-corrected chi connectivity index (χ1v) is 7.15. The first kappa shape index (κ1) is 12.5. The maximum Gasteiger partial charge on any atom is 0.251 e. The van der Waals surface area contributed by atoms with Crippen LogP contribution in [0.3, 0.4) is 0 Å². The Morgan fingerprint density at radius 2 is 2.21 bits per heavy atom. The molecule has 1 saturated carbocycles. The Balaban J connectivity index is 1.56. The SMILES string of the molecule is O=C(NCC[C@H](O)C1CC1)c1ccc2nsnc2c1. The lowest BCUT2D eigenvalue weighted by molar-refractivity contribution is 0.0937. The van der Waals surface area contributed by atoms with E-state index in [1.807, 2.05) is 0 Å². The average molecular weight is 277 g/mol. The lowest BCUT2D eigenvalue weighted by Gasteiger charge is -2.09. The zero-order valence-corrected chi connectivity index (χ0v) is 11.2. The van der Waals surface area contributed by atoms with Gasteiger partial charge in [0.25, 0.3) is 5.91 Å². The summed E-state index contributed by atoms with van der Waals surface area (Å²) in [6.07, 6.45) is 2.58. The van der Waals surface area contributed by atoms with Crippen molar-refractivity contribution in [1.82, 2.24) is 14.1 Å². The quantitative estimate of drug-likeness (QED) is 0.870. The molecular formula is C13H15N3O2S. The maximum absolute atomic E-state index is 11.9. The number of hydrogen-bond donors (Lipinski definition) is 2. The van der Waals surface area contributed by atoms with Gasteiger partial charge in [-0.2, -0.15) is 8.75 Å².